The van der Waals surface area contributed by atoms with E-state index in [1.165, 1.54) is 0 Å². The molecule has 43 heavy (non-hydrogen) atoms. The number of amides is 2. The molecule has 5 heterocycles. The van der Waals surface area contributed by atoms with E-state index < -0.39 is 0 Å². The van der Waals surface area contributed by atoms with Gasteiger partial charge in [-0.1, -0.05) is 6.07 Å². The Morgan fingerprint density at radius 1 is 1.12 bits per heavy atom. The Balaban J connectivity index is 1.14. The lowest BCUT2D eigenvalue weighted by Crippen LogP contribution is -2.30. The van der Waals surface area contributed by atoms with Gasteiger partial charge in [0.25, 0.3) is 5.91 Å². The van der Waals surface area contributed by atoms with Gasteiger partial charge in [0.2, 0.25) is 11.8 Å². The number of fused-ring (bicyclic) bond motifs is 2. The summed E-state index contributed by atoms with van der Waals surface area (Å²) in [6.45, 7) is 1.90. The van der Waals surface area contributed by atoms with E-state index in [1.807, 2.05) is 27.7 Å². The van der Waals surface area contributed by atoms with Crippen molar-refractivity contribution in [1.29, 1.82) is 0 Å². The van der Waals surface area contributed by atoms with Crippen LogP contribution in [0.3, 0.4) is 0 Å². The fraction of sp³-hybridized carbons (Fsp3) is 0.207. The predicted molar refractivity (Wildman–Crippen MR) is 156 cm³/mol. The third kappa shape index (κ3) is 5.09. The van der Waals surface area contributed by atoms with Gasteiger partial charge in [-0.3, -0.25) is 14.2 Å². The molecule has 0 atom stereocenters. The molecule has 0 aliphatic carbocycles. The highest BCUT2D eigenvalue weighted by Crippen LogP contribution is 2.33. The molecule has 0 unspecified atom stereocenters. The Bertz CT molecular complexity index is 1980. The minimum atomic E-state index is -0.225. The van der Waals surface area contributed by atoms with Crippen molar-refractivity contribution in [3.05, 3.63) is 66.6 Å². The van der Waals surface area contributed by atoms with Gasteiger partial charge in [0.1, 0.15) is 11.3 Å². The molecule has 0 spiro atoms. The Morgan fingerprint density at radius 2 is 2.05 bits per heavy atom. The number of aromatic amines is 1. The van der Waals surface area contributed by atoms with Gasteiger partial charge in [-0.15, -0.1) is 0 Å². The third-order valence-electron chi connectivity index (χ3n) is 7.28. The van der Waals surface area contributed by atoms with Gasteiger partial charge in [-0.25, -0.2) is 19.6 Å². The molecule has 1 aliphatic rings. The summed E-state index contributed by atoms with van der Waals surface area (Å²) in [7, 11) is 0. The number of hydrogen-bond donors (Lipinski definition) is 3. The Labute approximate surface area is 243 Å². The normalized spacial score (nSPS) is 13.3. The standard InChI is InChI=1S/C29H26N10O4/c30-27-26(36-43-37-27)28-35-22-15-32-24(14-23(22)39(28)18-7-8-20-21(13-18)34-16-33-20)42-19-5-1-4-17(12-19)29(41)31-9-3-11-38-10-2-6-25(38)40/h1,4-5,7-8,12-16H,2-3,6,9-11H2,(H2,30,37)(H,31,41)(H,33,34). The Hall–Kier alpha value is -5.79. The SMILES string of the molecule is Nc1nonc1-c1nc2cnc(Oc3cccc(C(=O)NCCCN4CCCC4=O)c3)cc2n1-c1ccc2nc[nH]c2c1. The molecular weight excluding hydrogens is 552 g/mol. The molecule has 4 aromatic heterocycles. The predicted octanol–water partition coefficient (Wildman–Crippen LogP) is 3.46. The van der Waals surface area contributed by atoms with E-state index in [0.717, 1.165) is 29.7 Å². The molecule has 6 aromatic rings. The lowest BCUT2D eigenvalue weighted by molar-refractivity contribution is -0.127. The van der Waals surface area contributed by atoms with Crippen LogP contribution in [0.1, 0.15) is 29.6 Å². The summed E-state index contributed by atoms with van der Waals surface area (Å²) in [5, 5.41) is 10.6. The summed E-state index contributed by atoms with van der Waals surface area (Å²) >= 11 is 0. The zero-order valence-corrected chi connectivity index (χ0v) is 22.9. The van der Waals surface area contributed by atoms with Crippen molar-refractivity contribution >= 4 is 39.7 Å². The van der Waals surface area contributed by atoms with Crippen LogP contribution in [0.25, 0.3) is 39.3 Å². The number of nitrogens with zero attached hydrogens (tertiary/aromatic N) is 7. The zero-order chi connectivity index (χ0) is 29.3. The van der Waals surface area contributed by atoms with Crippen molar-refractivity contribution in [3.8, 4) is 28.8 Å². The van der Waals surface area contributed by atoms with Gasteiger partial charge in [0.15, 0.2) is 17.3 Å². The first-order valence-corrected chi connectivity index (χ1v) is 13.8. The second-order valence-corrected chi connectivity index (χ2v) is 10.1. The molecule has 0 saturated carbocycles. The van der Waals surface area contributed by atoms with E-state index in [0.29, 0.717) is 60.0 Å². The number of hydrogen-bond acceptors (Lipinski definition) is 10. The summed E-state index contributed by atoms with van der Waals surface area (Å²) in [5.74, 6) is 1.21. The quantitative estimate of drug-likeness (QED) is 0.215. The summed E-state index contributed by atoms with van der Waals surface area (Å²) in [6.07, 6.45) is 5.42. The van der Waals surface area contributed by atoms with E-state index >= 15 is 0 Å². The van der Waals surface area contributed by atoms with Crippen molar-refractivity contribution in [2.45, 2.75) is 19.3 Å². The van der Waals surface area contributed by atoms with Crippen LogP contribution in [0.5, 0.6) is 11.6 Å². The van der Waals surface area contributed by atoms with E-state index in [4.69, 9.17) is 20.1 Å². The van der Waals surface area contributed by atoms with Crippen molar-refractivity contribution < 1.29 is 19.0 Å². The van der Waals surface area contributed by atoms with Gasteiger partial charge < -0.3 is 25.7 Å². The fourth-order valence-corrected chi connectivity index (χ4v) is 5.19. The number of H-pyrrole nitrogens is 1. The zero-order valence-electron chi connectivity index (χ0n) is 22.9. The maximum Gasteiger partial charge on any atom is 0.251 e. The van der Waals surface area contributed by atoms with Crippen LogP contribution in [-0.2, 0) is 4.79 Å². The number of imidazole rings is 2. The number of nitrogen functional groups attached to an aromatic ring is 1. The summed E-state index contributed by atoms with van der Waals surface area (Å²) in [6, 6.07) is 14.3. The molecule has 0 radical (unpaired) electrons. The van der Waals surface area contributed by atoms with Gasteiger partial charge >= 0.3 is 0 Å². The second kappa shape index (κ2) is 10.9. The lowest BCUT2D eigenvalue weighted by atomic mass is 10.2. The molecular formula is C29H26N10O4. The van der Waals surface area contributed by atoms with Crippen LogP contribution in [0.2, 0.25) is 0 Å². The molecule has 14 nitrogen and oxygen atoms in total. The molecule has 0 bridgehead atoms. The molecule has 4 N–H and O–H groups in total. The number of rotatable bonds is 9. The van der Waals surface area contributed by atoms with E-state index in [9.17, 15) is 9.59 Å². The average Bonchev–Trinajstić information content (AvgIpc) is 3.81. The second-order valence-electron chi connectivity index (χ2n) is 10.1. The van der Waals surface area contributed by atoms with Crippen molar-refractivity contribution in [2.75, 3.05) is 25.4 Å². The van der Waals surface area contributed by atoms with Gasteiger partial charge in [0.05, 0.1) is 29.1 Å². The van der Waals surface area contributed by atoms with Crippen molar-refractivity contribution in [3.63, 3.8) is 0 Å². The van der Waals surface area contributed by atoms with E-state index in [2.05, 4.69) is 30.6 Å². The average molecular weight is 579 g/mol. The highest BCUT2D eigenvalue weighted by atomic mass is 16.6. The number of pyridine rings is 1. The number of ether oxygens (including phenoxy) is 1. The van der Waals surface area contributed by atoms with Crippen LogP contribution in [-0.4, -0.2) is 71.2 Å². The van der Waals surface area contributed by atoms with Crippen molar-refractivity contribution in [1.82, 2.24) is 45.0 Å². The van der Waals surface area contributed by atoms with Crippen LogP contribution in [0.15, 0.2) is 65.7 Å². The number of carbonyl (C=O) groups excluding carboxylic acids is 2. The molecule has 1 saturated heterocycles. The molecule has 2 aromatic carbocycles. The largest absolute Gasteiger partial charge is 0.439 e. The van der Waals surface area contributed by atoms with Gasteiger partial charge in [0, 0.05) is 43.4 Å². The first kappa shape index (κ1) is 26.1. The van der Waals surface area contributed by atoms with E-state index in [1.54, 1.807) is 42.9 Å². The number of nitrogens with two attached hydrogens (primary N) is 1. The summed E-state index contributed by atoms with van der Waals surface area (Å²) in [5.41, 5.74) is 10.4. The van der Waals surface area contributed by atoms with Crippen molar-refractivity contribution in [2.24, 2.45) is 0 Å². The summed E-state index contributed by atoms with van der Waals surface area (Å²) in [4.78, 5) is 43.0. The Kier molecular flexibility index (Phi) is 6.62. The van der Waals surface area contributed by atoms with Gasteiger partial charge in [-0.05, 0) is 59.6 Å². The topological polar surface area (TPSA) is 183 Å². The molecule has 1 fully saturated rings. The highest BCUT2D eigenvalue weighted by molar-refractivity contribution is 5.94. The Morgan fingerprint density at radius 3 is 2.88 bits per heavy atom. The molecule has 7 rings (SSSR count). The number of anilines is 1. The first-order chi connectivity index (χ1) is 21.0. The van der Waals surface area contributed by atoms with E-state index in [-0.39, 0.29) is 23.3 Å². The monoisotopic (exact) mass is 578 g/mol. The highest BCUT2D eigenvalue weighted by Gasteiger charge is 2.22. The van der Waals surface area contributed by atoms with Crippen LogP contribution in [0, 0.1) is 0 Å². The van der Waals surface area contributed by atoms with Crippen LogP contribution in [0.4, 0.5) is 5.82 Å². The minimum absolute atomic E-state index is 0.100. The molecule has 14 heteroatoms. The van der Waals surface area contributed by atoms with Gasteiger partial charge in [-0.2, -0.15) is 0 Å². The molecule has 2 amide bonds. The maximum atomic E-state index is 12.8. The number of aromatic nitrogens is 7. The first-order valence-electron chi connectivity index (χ1n) is 13.8. The molecule has 1 aliphatic heterocycles. The lowest BCUT2D eigenvalue weighted by Gasteiger charge is -2.15. The fourth-order valence-electron chi connectivity index (χ4n) is 5.19. The maximum absolute atomic E-state index is 12.8. The number of likely N-dealkylation sites (tertiary alicyclic amines) is 1. The van der Waals surface area contributed by atoms with Crippen LogP contribution < -0.4 is 15.8 Å². The number of nitrogens with one attached hydrogen (secondary N) is 2. The number of carbonyl (C=O) groups is 2. The summed E-state index contributed by atoms with van der Waals surface area (Å²) < 4.78 is 12.8. The third-order valence-corrected chi connectivity index (χ3v) is 7.28. The smallest absolute Gasteiger partial charge is 0.251 e. The van der Waals surface area contributed by atoms with Crippen LogP contribution >= 0.6 is 0 Å². The number of benzene rings is 2. The molecule has 216 valence electrons. The minimum Gasteiger partial charge on any atom is -0.439 e.